The molecule has 0 bridgehead atoms. The Morgan fingerprint density at radius 1 is 1.16 bits per heavy atom. The number of hydrogen-bond donors (Lipinski definition) is 3. The number of urea groups is 1. The van der Waals surface area contributed by atoms with Crippen molar-refractivity contribution in [2.45, 2.75) is 63.8 Å². The summed E-state index contributed by atoms with van der Waals surface area (Å²) in [4.78, 5) is 17.0. The van der Waals surface area contributed by atoms with E-state index < -0.39 is 0 Å². The Kier molecular flexibility index (Phi) is 4.42. The second kappa shape index (κ2) is 6.86. The van der Waals surface area contributed by atoms with E-state index in [1.54, 1.807) is 0 Å². The smallest absolute Gasteiger partial charge is 0.319 e. The Bertz CT molecular complexity index is 759. The molecule has 2 aromatic rings. The number of hydrogen-bond acceptors (Lipinski definition) is 3. The number of aryl methyl sites for hydroxylation is 1. The number of carbonyl (C=O) groups excluding carboxylic acids is 1. The summed E-state index contributed by atoms with van der Waals surface area (Å²) in [6.45, 7) is 2.03. The van der Waals surface area contributed by atoms with Crippen molar-refractivity contribution >= 4 is 11.7 Å². The maximum absolute atomic E-state index is 12.4. The van der Waals surface area contributed by atoms with E-state index in [9.17, 15) is 4.79 Å². The Balaban J connectivity index is 1.51. The lowest BCUT2D eigenvalue weighted by Gasteiger charge is -2.23. The van der Waals surface area contributed by atoms with Gasteiger partial charge in [-0.2, -0.15) is 5.10 Å². The molecule has 2 saturated carbocycles. The third kappa shape index (κ3) is 3.83. The zero-order valence-corrected chi connectivity index (χ0v) is 14.6. The van der Waals surface area contributed by atoms with E-state index >= 15 is 0 Å². The van der Waals surface area contributed by atoms with Crippen LogP contribution in [-0.4, -0.2) is 27.3 Å². The first-order valence-electron chi connectivity index (χ1n) is 9.30. The number of nitrogens with one attached hydrogen (secondary N) is 3. The molecule has 0 atom stereocenters. The normalized spacial score (nSPS) is 18.1. The molecule has 1 aromatic heterocycles. The Morgan fingerprint density at radius 2 is 1.96 bits per heavy atom. The number of H-pyrrole nitrogens is 1. The van der Waals surface area contributed by atoms with Gasteiger partial charge in [0, 0.05) is 17.5 Å². The quantitative estimate of drug-likeness (QED) is 0.784. The Labute approximate surface area is 147 Å². The minimum absolute atomic E-state index is 0.144. The molecule has 0 saturated heterocycles. The fourth-order valence-electron chi connectivity index (χ4n) is 3.48. The molecule has 132 valence electrons. The number of rotatable bonds is 4. The van der Waals surface area contributed by atoms with Crippen molar-refractivity contribution in [3.05, 3.63) is 29.6 Å². The van der Waals surface area contributed by atoms with Crippen molar-refractivity contribution < 1.29 is 4.79 Å². The minimum Gasteiger partial charge on any atom is -0.335 e. The van der Waals surface area contributed by atoms with Crippen LogP contribution in [0, 0.1) is 6.92 Å². The monoisotopic (exact) mass is 339 g/mol. The fourth-order valence-corrected chi connectivity index (χ4v) is 3.48. The fraction of sp³-hybridized carbons (Fsp3) is 0.526. The second-order valence-electron chi connectivity index (χ2n) is 7.30. The molecule has 2 aliphatic rings. The van der Waals surface area contributed by atoms with Gasteiger partial charge in [-0.1, -0.05) is 30.9 Å². The van der Waals surface area contributed by atoms with E-state index in [0.717, 1.165) is 35.5 Å². The second-order valence-corrected chi connectivity index (χ2v) is 7.30. The van der Waals surface area contributed by atoms with Gasteiger partial charge in [0.2, 0.25) is 0 Å². The average Bonchev–Trinajstić information content (AvgIpc) is 3.35. The zero-order chi connectivity index (χ0) is 17.2. The Morgan fingerprint density at radius 3 is 2.72 bits per heavy atom. The molecule has 1 aromatic carbocycles. The van der Waals surface area contributed by atoms with Crippen molar-refractivity contribution in [2.75, 3.05) is 5.32 Å². The standard InChI is InChI=1S/C19H25N5O/c1-12-7-10-16(21-19(25)20-14-5-3-2-4-6-14)15(11-12)18-22-17(23-24-18)13-8-9-13/h7,10-11,13-14H,2-6,8-9H2,1H3,(H2,20,21,25)(H,22,23,24). The SMILES string of the molecule is Cc1ccc(NC(=O)NC2CCCCC2)c(-c2n[nH]c(C3CC3)n2)c1. The predicted octanol–water partition coefficient (Wildman–Crippen LogP) is 4.11. The first-order valence-corrected chi connectivity index (χ1v) is 9.30. The lowest BCUT2D eigenvalue weighted by molar-refractivity contribution is 0.244. The number of aromatic nitrogens is 3. The molecule has 0 unspecified atom stereocenters. The molecule has 1 heterocycles. The molecule has 0 radical (unpaired) electrons. The lowest BCUT2D eigenvalue weighted by Crippen LogP contribution is -2.39. The molecular formula is C19H25N5O. The van der Waals surface area contributed by atoms with E-state index in [1.807, 2.05) is 25.1 Å². The summed E-state index contributed by atoms with van der Waals surface area (Å²) in [5.74, 6) is 2.13. The van der Waals surface area contributed by atoms with Crippen LogP contribution >= 0.6 is 0 Å². The van der Waals surface area contributed by atoms with Gasteiger partial charge in [0.15, 0.2) is 5.82 Å². The number of amides is 2. The van der Waals surface area contributed by atoms with Gasteiger partial charge in [0.05, 0.1) is 5.69 Å². The van der Waals surface area contributed by atoms with Gasteiger partial charge in [-0.05, 0) is 44.7 Å². The molecule has 2 aliphatic carbocycles. The third-order valence-corrected chi connectivity index (χ3v) is 5.07. The zero-order valence-electron chi connectivity index (χ0n) is 14.6. The first kappa shape index (κ1) is 16.1. The molecule has 25 heavy (non-hydrogen) atoms. The topological polar surface area (TPSA) is 82.7 Å². The lowest BCUT2D eigenvalue weighted by atomic mass is 9.96. The average molecular weight is 339 g/mol. The highest BCUT2D eigenvalue weighted by molar-refractivity contribution is 5.93. The van der Waals surface area contributed by atoms with Crippen molar-refractivity contribution in [3.63, 3.8) is 0 Å². The van der Waals surface area contributed by atoms with Gasteiger partial charge in [0.25, 0.3) is 0 Å². The van der Waals surface area contributed by atoms with Gasteiger partial charge >= 0.3 is 6.03 Å². The summed E-state index contributed by atoms with van der Waals surface area (Å²) in [7, 11) is 0. The predicted molar refractivity (Wildman–Crippen MR) is 97.6 cm³/mol. The van der Waals surface area contributed by atoms with E-state index in [4.69, 9.17) is 0 Å². The van der Waals surface area contributed by atoms with Crippen molar-refractivity contribution in [3.8, 4) is 11.4 Å². The maximum atomic E-state index is 12.4. The maximum Gasteiger partial charge on any atom is 0.319 e. The van der Waals surface area contributed by atoms with Crippen LogP contribution in [-0.2, 0) is 0 Å². The minimum atomic E-state index is -0.144. The molecular weight excluding hydrogens is 314 g/mol. The number of carbonyl (C=O) groups is 1. The molecule has 0 aliphatic heterocycles. The highest BCUT2D eigenvalue weighted by Crippen LogP contribution is 2.39. The van der Waals surface area contributed by atoms with E-state index in [-0.39, 0.29) is 12.1 Å². The summed E-state index contributed by atoms with van der Waals surface area (Å²) in [5, 5.41) is 13.5. The molecule has 0 spiro atoms. The van der Waals surface area contributed by atoms with E-state index in [2.05, 4.69) is 25.8 Å². The van der Waals surface area contributed by atoms with Crippen LogP contribution in [0.1, 0.15) is 62.3 Å². The van der Waals surface area contributed by atoms with Crippen molar-refractivity contribution in [2.24, 2.45) is 0 Å². The van der Waals surface area contributed by atoms with Crippen LogP contribution in [0.15, 0.2) is 18.2 Å². The van der Waals surface area contributed by atoms with Crippen LogP contribution in [0.2, 0.25) is 0 Å². The highest BCUT2D eigenvalue weighted by atomic mass is 16.2. The van der Waals surface area contributed by atoms with Crippen LogP contribution in [0.3, 0.4) is 0 Å². The summed E-state index contributed by atoms with van der Waals surface area (Å²) < 4.78 is 0. The summed E-state index contributed by atoms with van der Waals surface area (Å²) in [5.41, 5.74) is 2.73. The van der Waals surface area contributed by atoms with Crippen molar-refractivity contribution in [1.82, 2.24) is 20.5 Å². The van der Waals surface area contributed by atoms with Gasteiger partial charge < -0.3 is 10.6 Å². The van der Waals surface area contributed by atoms with Crippen LogP contribution < -0.4 is 10.6 Å². The first-order chi connectivity index (χ1) is 12.2. The summed E-state index contributed by atoms with van der Waals surface area (Å²) >= 11 is 0. The van der Waals surface area contributed by atoms with Crippen LogP contribution in [0.5, 0.6) is 0 Å². The summed E-state index contributed by atoms with van der Waals surface area (Å²) in [6, 6.07) is 6.09. The third-order valence-electron chi connectivity index (χ3n) is 5.07. The van der Waals surface area contributed by atoms with Crippen LogP contribution in [0.25, 0.3) is 11.4 Å². The van der Waals surface area contributed by atoms with Crippen LogP contribution in [0.4, 0.5) is 10.5 Å². The number of benzene rings is 1. The molecule has 3 N–H and O–H groups in total. The molecule has 4 rings (SSSR count). The van der Waals surface area contributed by atoms with E-state index in [1.165, 1.54) is 32.1 Å². The number of aromatic amines is 1. The number of anilines is 1. The Hall–Kier alpha value is -2.37. The van der Waals surface area contributed by atoms with Gasteiger partial charge in [-0.3, -0.25) is 5.10 Å². The summed E-state index contributed by atoms with van der Waals surface area (Å²) in [6.07, 6.45) is 8.16. The van der Waals surface area contributed by atoms with E-state index in [0.29, 0.717) is 11.7 Å². The van der Waals surface area contributed by atoms with Gasteiger partial charge in [-0.25, -0.2) is 9.78 Å². The van der Waals surface area contributed by atoms with Gasteiger partial charge in [-0.15, -0.1) is 0 Å². The molecule has 6 nitrogen and oxygen atoms in total. The van der Waals surface area contributed by atoms with Gasteiger partial charge in [0.1, 0.15) is 5.82 Å². The highest BCUT2D eigenvalue weighted by Gasteiger charge is 2.27. The number of nitrogens with zero attached hydrogens (tertiary/aromatic N) is 2. The molecule has 2 amide bonds. The molecule has 6 heteroatoms. The van der Waals surface area contributed by atoms with Crippen molar-refractivity contribution in [1.29, 1.82) is 0 Å². The molecule has 2 fully saturated rings. The largest absolute Gasteiger partial charge is 0.335 e.